The lowest BCUT2D eigenvalue weighted by Gasteiger charge is -2.62. The maximum atomic E-state index is 6.03. The van der Waals surface area contributed by atoms with Crippen LogP contribution in [0.2, 0.25) is 0 Å². The zero-order chi connectivity index (χ0) is 93.0. The fraction of sp³-hybridized carbons (Fsp3) is 0.530. The van der Waals surface area contributed by atoms with Crippen LogP contribution in [0, 0.1) is 76.0 Å². The van der Waals surface area contributed by atoms with Crippen LogP contribution in [0.3, 0.4) is 0 Å². The lowest BCUT2D eigenvalue weighted by molar-refractivity contribution is -0.0703. The zero-order valence-corrected chi connectivity index (χ0v) is 84.8. The van der Waals surface area contributed by atoms with E-state index in [0.717, 1.165) is 41.0 Å². The number of rotatable bonds is 4. The van der Waals surface area contributed by atoms with Gasteiger partial charge in [-0.25, -0.2) is 8.75 Å². The molecule has 0 radical (unpaired) electrons. The van der Waals surface area contributed by atoms with Crippen molar-refractivity contribution >= 4 is 57.2 Å². The van der Waals surface area contributed by atoms with E-state index in [4.69, 9.17) is 18.1 Å². The highest BCUT2D eigenvalue weighted by Crippen LogP contribution is 2.73. The molecule has 6 aromatic heterocycles. The van der Waals surface area contributed by atoms with Crippen LogP contribution in [0.1, 0.15) is 380 Å². The van der Waals surface area contributed by atoms with Gasteiger partial charge in [0.25, 0.3) is 0 Å². The summed E-state index contributed by atoms with van der Waals surface area (Å²) in [6.45, 7) is 50.9. The Labute approximate surface area is 799 Å². The van der Waals surface area contributed by atoms with Crippen molar-refractivity contribution in [2.24, 2.45) is 34.5 Å². The van der Waals surface area contributed by atoms with Gasteiger partial charge in [-0.05, 0) is 294 Å². The number of hydrogen-bond acceptors (Lipinski definition) is 18. The quantitative estimate of drug-likeness (QED) is 0.164. The number of benzene rings is 6. The van der Waals surface area contributed by atoms with Gasteiger partial charge in [-0.3, -0.25) is 0 Å². The molecular formula is C115H142N12O4S2. The van der Waals surface area contributed by atoms with Gasteiger partial charge < -0.3 is 47.5 Å². The molecule has 0 saturated heterocycles. The average Bonchev–Trinajstić information content (AvgIpc) is 1.56. The number of fused-ring (bicyclic) bond motifs is 17. The summed E-state index contributed by atoms with van der Waals surface area (Å²) in [5.41, 5.74) is 27.4. The molecule has 15 aliphatic rings. The number of aryl methyl sites for hydroxylation is 6. The molecule has 7 fully saturated rings. The topological polar surface area (TPSA) is 149 Å². The zero-order valence-electron chi connectivity index (χ0n) is 83.2. The highest BCUT2D eigenvalue weighted by Gasteiger charge is 2.70. The standard InChI is InChI=1S/C22H26N2O.2C20H26N2O.C18H22N2O.C18H22N2S.C17H20N2S/c1-13-5-3-4-6-20(13)24-14(2)19-12-23-25-21(19)22(24)17-8-15-7-16(10-17)11-18(22)9-15;2*1-12-9-8-10-15-16(12)22-13(2)14-11-21-23-17(14)20(22,7)19(5,6)18(15,3)4;2*1-13-8-4-5-9-16(13)20-14(2)15-12-19-21-17(15)18(20)10-6-3-7-11-18;1-12-7-3-4-8-15(12)19-13(2)14-11-18-20-16(14)17(19)9-5-6-10-17/h3-6,12,14-18H,7-11H2,1-2H3;2*8-11,13H,1-7H3;2*4-5,8-9,12,14H,3,6-7,10-11H2,1-2H3;3-4,7-8,11,13H,5-6,9-10H2,1-2H3. The summed E-state index contributed by atoms with van der Waals surface area (Å²) in [6, 6.07) is 50.9. The molecule has 6 aromatic carbocycles. The molecule has 8 aliphatic heterocycles. The molecule has 0 amide bonds. The second-order valence-electron chi connectivity index (χ2n) is 45.2. The predicted molar refractivity (Wildman–Crippen MR) is 539 cm³/mol. The van der Waals surface area contributed by atoms with E-state index >= 15 is 0 Å². The second kappa shape index (κ2) is 32.5. The number of nitrogens with zero attached hydrogens (tertiary/aromatic N) is 12. The van der Waals surface area contributed by atoms with E-state index in [0.29, 0.717) is 24.2 Å². The van der Waals surface area contributed by atoms with Crippen LogP contribution in [0.4, 0.5) is 34.1 Å². The highest BCUT2D eigenvalue weighted by atomic mass is 32.1. The van der Waals surface area contributed by atoms with Crippen molar-refractivity contribution in [2.45, 2.75) is 355 Å². The minimum Gasteiger partial charge on any atom is -0.358 e. The molecule has 16 nitrogen and oxygen atoms in total. The van der Waals surface area contributed by atoms with Crippen LogP contribution in [-0.4, -0.2) is 29.4 Å². The van der Waals surface area contributed by atoms with Crippen LogP contribution in [0.25, 0.3) is 0 Å². The third kappa shape index (κ3) is 12.5. The van der Waals surface area contributed by atoms with Gasteiger partial charge in [0.1, 0.15) is 22.2 Å². The van der Waals surface area contributed by atoms with Crippen LogP contribution in [0.15, 0.2) is 189 Å². The highest BCUT2D eigenvalue weighted by molar-refractivity contribution is 7.06. The third-order valence-electron chi connectivity index (χ3n) is 38.4. The van der Waals surface area contributed by atoms with Gasteiger partial charge in [-0.15, -0.1) is 0 Å². The minimum atomic E-state index is -0.207. The van der Waals surface area contributed by atoms with E-state index in [2.05, 4.69) is 357 Å². The molecule has 18 heteroatoms. The lowest BCUT2D eigenvalue weighted by Crippen LogP contribution is -2.62. The van der Waals surface area contributed by atoms with E-state index < -0.39 is 0 Å². The van der Waals surface area contributed by atoms with Crippen molar-refractivity contribution in [3.63, 3.8) is 0 Å². The summed E-state index contributed by atoms with van der Waals surface area (Å²) in [5, 5.41) is 16.6. The maximum Gasteiger partial charge on any atom is 0.168 e. The van der Waals surface area contributed by atoms with Gasteiger partial charge in [-0.2, -0.15) is 0 Å². The van der Waals surface area contributed by atoms with Crippen molar-refractivity contribution in [1.29, 1.82) is 0 Å². The molecule has 7 aliphatic carbocycles. The van der Waals surface area contributed by atoms with E-state index in [1.165, 1.54) is 250 Å². The normalized spacial score (nSPS) is 29.0. The Morgan fingerprint density at radius 2 is 0.586 bits per heavy atom. The Balaban J connectivity index is 0.0000000962. The summed E-state index contributed by atoms with van der Waals surface area (Å²) in [5.74, 6) is 7.76. The van der Waals surface area contributed by atoms with Crippen molar-refractivity contribution < 1.29 is 18.1 Å². The second-order valence-corrected chi connectivity index (χ2v) is 46.8. The van der Waals surface area contributed by atoms with Crippen LogP contribution < -0.4 is 29.4 Å². The maximum absolute atomic E-state index is 6.03. The van der Waals surface area contributed by atoms with E-state index in [9.17, 15) is 0 Å². The summed E-state index contributed by atoms with van der Waals surface area (Å²) >= 11 is 3.46. The van der Waals surface area contributed by atoms with E-state index in [1.54, 1.807) is 23.1 Å². The van der Waals surface area contributed by atoms with Crippen LogP contribution in [-0.2, 0) is 44.1 Å². The van der Waals surface area contributed by atoms with Crippen molar-refractivity contribution in [3.05, 3.63) is 281 Å². The van der Waals surface area contributed by atoms with Gasteiger partial charge in [0.15, 0.2) is 23.0 Å². The molecule has 698 valence electrons. The van der Waals surface area contributed by atoms with Crippen LogP contribution in [0.5, 0.6) is 0 Å². The molecule has 8 unspecified atom stereocenters. The monoisotopic (exact) mass is 1820 g/mol. The first-order valence-electron chi connectivity index (χ1n) is 50.6. The van der Waals surface area contributed by atoms with Crippen molar-refractivity contribution in [3.8, 4) is 0 Å². The Bertz CT molecular complexity index is 6070. The molecule has 0 N–H and O–H groups in total. The molecule has 27 rings (SSSR count). The summed E-state index contributed by atoms with van der Waals surface area (Å²) < 4.78 is 32.4. The summed E-state index contributed by atoms with van der Waals surface area (Å²) in [6.07, 6.45) is 37.0. The molecule has 133 heavy (non-hydrogen) atoms. The Kier molecular flexibility index (Phi) is 21.9. The number of anilines is 6. The first-order chi connectivity index (χ1) is 63.7. The van der Waals surface area contributed by atoms with Crippen molar-refractivity contribution in [2.75, 3.05) is 29.4 Å². The number of aromatic nitrogens is 6. The fourth-order valence-electron chi connectivity index (χ4n) is 30.3. The lowest BCUT2D eigenvalue weighted by atomic mass is 9.48. The van der Waals surface area contributed by atoms with Gasteiger partial charge >= 0.3 is 0 Å². The van der Waals surface area contributed by atoms with Gasteiger partial charge in [0, 0.05) is 90.7 Å². The molecule has 12 aromatic rings. The van der Waals surface area contributed by atoms with Crippen molar-refractivity contribution in [1.82, 2.24) is 29.4 Å². The van der Waals surface area contributed by atoms with Gasteiger partial charge in [0.05, 0.1) is 81.9 Å². The summed E-state index contributed by atoms with van der Waals surface area (Å²) in [4.78, 5) is 19.0. The molecule has 8 atom stereocenters. The fourth-order valence-corrected chi connectivity index (χ4v) is 32.4. The first-order valence-corrected chi connectivity index (χ1v) is 52.2. The minimum absolute atomic E-state index is 0.0141. The first kappa shape index (κ1) is 89.7. The largest absolute Gasteiger partial charge is 0.358 e. The molecule has 4 bridgehead atoms. The SMILES string of the molecule is Cc1cccc2c1N1C(C)c3cnoc3C1(C)C(C)(C)C2(C)C.Cc1cccc2c1N1C(C)c3cnoc3C1(C)C(C)(C)C2(C)C.Cc1ccccc1N1C(C)c2cnoc2C12C1CC3CC(C1)CC2C3.Cc1ccccc1N1C(C)c2cnoc2C12CCCCC2.Cc1ccccc1N1C(C)c2cnsc2C12CCCC2.Cc1ccccc1N1C(C)c2cnsc2C12CCCCC2. The average molecular weight is 1820 g/mol. The molecule has 14 heterocycles. The smallest absolute Gasteiger partial charge is 0.168 e. The third-order valence-corrected chi connectivity index (χ3v) is 40.4. The van der Waals surface area contributed by atoms with E-state index in [-0.39, 0.29) is 67.0 Å². The Morgan fingerprint density at radius 1 is 0.293 bits per heavy atom. The Hall–Kier alpha value is -9.78. The van der Waals surface area contributed by atoms with Gasteiger partial charge in [0.2, 0.25) is 0 Å². The predicted octanol–water partition coefficient (Wildman–Crippen LogP) is 30.1. The van der Waals surface area contributed by atoms with Crippen LogP contribution >= 0.6 is 23.1 Å². The number of para-hydroxylation sites is 6. The van der Waals surface area contributed by atoms with E-state index in [1.807, 2.05) is 24.8 Å². The Morgan fingerprint density at radius 3 is 0.970 bits per heavy atom. The summed E-state index contributed by atoms with van der Waals surface area (Å²) in [7, 11) is 0. The van der Waals surface area contributed by atoms with Gasteiger partial charge in [-0.1, -0.05) is 237 Å². The number of hydrogen-bond donors (Lipinski definition) is 0. The molecular weight excluding hydrogens is 1680 g/mol. The molecule has 7 saturated carbocycles. The molecule has 4 spiro atoms.